The van der Waals surface area contributed by atoms with Crippen molar-refractivity contribution in [1.82, 2.24) is 0 Å². The molecule has 2 aliphatic rings. The van der Waals surface area contributed by atoms with Crippen LogP contribution in [0, 0.1) is 0 Å². The van der Waals surface area contributed by atoms with Crippen molar-refractivity contribution in [2.75, 3.05) is 25.2 Å². The molecule has 0 unspecified atom stereocenters. The van der Waals surface area contributed by atoms with Gasteiger partial charge in [0.1, 0.15) is 17.7 Å². The van der Waals surface area contributed by atoms with Gasteiger partial charge in [-0.2, -0.15) is 13.2 Å². The van der Waals surface area contributed by atoms with Gasteiger partial charge in [-0.15, -0.1) is 0 Å². The zero-order chi connectivity index (χ0) is 33.7. The van der Waals surface area contributed by atoms with Crippen LogP contribution in [-0.4, -0.2) is 66.7 Å². The van der Waals surface area contributed by atoms with Gasteiger partial charge in [0.2, 0.25) is 0 Å². The third-order valence-electron chi connectivity index (χ3n) is 7.14. The lowest BCUT2D eigenvalue weighted by Gasteiger charge is -2.32. The second-order valence-electron chi connectivity index (χ2n) is 13.3. The number of alkyl halides is 3. The maximum Gasteiger partial charge on any atom is 0.471 e. The molecule has 2 aromatic rings. The monoisotopic (exact) mass is 632 g/mol. The highest BCUT2D eigenvalue weighted by Gasteiger charge is 2.45. The standard InChI is InChI=1S/C33H39F3N2O7/c1-10-43-23-14-19-15-31(5,6)37-26(25(19)21-16-32(7,8)45-27(21)23)18-11-12-20(28(40)42-9)22(13-18)38(29(41)33(34,35)36)17-24(39)44-30(2,3)4/h11-14H,10,15-17H2,1-9H3. The molecule has 0 N–H and O–H groups in total. The highest BCUT2D eigenvalue weighted by atomic mass is 19.4. The fraction of sp³-hybridized carbons (Fsp3) is 0.515. The molecule has 4 rings (SSSR count). The normalized spacial score (nSPS) is 16.5. The number of hydrogen-bond acceptors (Lipinski definition) is 8. The summed E-state index contributed by atoms with van der Waals surface area (Å²) in [6.45, 7) is 13.6. The number of benzene rings is 2. The lowest BCUT2D eigenvalue weighted by molar-refractivity contribution is -0.171. The summed E-state index contributed by atoms with van der Waals surface area (Å²) in [6.07, 6.45) is -4.32. The maximum absolute atomic E-state index is 14.0. The number of aliphatic imine (C=N–C) groups is 1. The molecule has 0 saturated heterocycles. The number of ether oxygens (including phenoxy) is 4. The van der Waals surface area contributed by atoms with Crippen LogP contribution in [0.1, 0.15) is 88.0 Å². The molecule has 244 valence electrons. The van der Waals surface area contributed by atoms with Crippen LogP contribution in [-0.2, 0) is 31.9 Å². The van der Waals surface area contributed by atoms with Crippen LogP contribution in [0.5, 0.6) is 11.5 Å². The molecular weight excluding hydrogens is 593 g/mol. The van der Waals surface area contributed by atoms with Crippen LogP contribution < -0.4 is 14.4 Å². The summed E-state index contributed by atoms with van der Waals surface area (Å²) in [7, 11) is 1.06. The number of hydrogen-bond donors (Lipinski definition) is 0. The molecule has 0 fully saturated rings. The summed E-state index contributed by atoms with van der Waals surface area (Å²) >= 11 is 0. The van der Waals surface area contributed by atoms with E-state index in [4.69, 9.17) is 23.9 Å². The molecule has 0 spiro atoms. The Labute approximate surface area is 260 Å². The largest absolute Gasteiger partial charge is 0.490 e. The van der Waals surface area contributed by atoms with Crippen molar-refractivity contribution in [2.24, 2.45) is 4.99 Å². The van der Waals surface area contributed by atoms with E-state index in [0.29, 0.717) is 42.2 Å². The first-order valence-corrected chi connectivity index (χ1v) is 14.6. The van der Waals surface area contributed by atoms with Gasteiger partial charge in [-0.3, -0.25) is 19.5 Å². The number of methoxy groups -OCH3 is 1. The van der Waals surface area contributed by atoms with E-state index in [0.717, 1.165) is 23.8 Å². The molecule has 2 aliphatic heterocycles. The van der Waals surface area contributed by atoms with Gasteiger partial charge in [0, 0.05) is 23.1 Å². The van der Waals surface area contributed by atoms with E-state index >= 15 is 0 Å². The van der Waals surface area contributed by atoms with Crippen molar-refractivity contribution < 1.29 is 46.5 Å². The highest BCUT2D eigenvalue weighted by Crippen LogP contribution is 2.48. The van der Waals surface area contributed by atoms with Crippen LogP contribution in [0.2, 0.25) is 0 Å². The lowest BCUT2D eigenvalue weighted by Crippen LogP contribution is -2.46. The number of nitrogens with zero attached hydrogens (tertiary/aromatic N) is 2. The predicted octanol–water partition coefficient (Wildman–Crippen LogP) is 5.99. The fourth-order valence-electron chi connectivity index (χ4n) is 5.65. The molecule has 0 bridgehead atoms. The Kier molecular flexibility index (Phi) is 8.78. The van der Waals surface area contributed by atoms with Crippen LogP contribution in [0.15, 0.2) is 29.3 Å². The van der Waals surface area contributed by atoms with E-state index in [1.165, 1.54) is 18.2 Å². The molecule has 0 aliphatic carbocycles. The number of esters is 2. The Morgan fingerprint density at radius 1 is 1.04 bits per heavy atom. The lowest BCUT2D eigenvalue weighted by atomic mass is 9.80. The minimum atomic E-state index is -5.37. The molecule has 0 radical (unpaired) electrons. The van der Waals surface area contributed by atoms with Crippen molar-refractivity contribution in [3.8, 4) is 11.5 Å². The summed E-state index contributed by atoms with van der Waals surface area (Å²) in [5.74, 6) is -3.28. The number of rotatable bonds is 7. The van der Waals surface area contributed by atoms with Crippen LogP contribution in [0.25, 0.3) is 0 Å². The van der Waals surface area contributed by atoms with E-state index in [9.17, 15) is 27.6 Å². The van der Waals surface area contributed by atoms with Gasteiger partial charge < -0.3 is 18.9 Å². The summed E-state index contributed by atoms with van der Waals surface area (Å²) in [4.78, 5) is 43.6. The summed E-state index contributed by atoms with van der Waals surface area (Å²) in [5, 5.41) is 0. The molecule has 1 amide bonds. The van der Waals surface area contributed by atoms with E-state index in [1.54, 1.807) is 20.8 Å². The summed E-state index contributed by atoms with van der Waals surface area (Å²) in [6, 6.07) is 5.96. The molecule has 2 heterocycles. The smallest absolute Gasteiger partial charge is 0.471 e. The first kappa shape index (κ1) is 33.8. The van der Waals surface area contributed by atoms with Crippen molar-refractivity contribution in [2.45, 2.75) is 91.1 Å². The highest BCUT2D eigenvalue weighted by molar-refractivity contribution is 6.18. The average molecular weight is 633 g/mol. The summed E-state index contributed by atoms with van der Waals surface area (Å²) in [5.41, 5.74) is 0.200. The van der Waals surface area contributed by atoms with Gasteiger partial charge in [-0.05, 0) is 85.6 Å². The number of fused-ring (bicyclic) bond motifs is 3. The molecule has 2 aromatic carbocycles. The van der Waals surface area contributed by atoms with Crippen molar-refractivity contribution in [1.29, 1.82) is 0 Å². The number of amides is 1. The minimum Gasteiger partial charge on any atom is -0.490 e. The van der Waals surface area contributed by atoms with Crippen LogP contribution in [0.4, 0.5) is 18.9 Å². The Morgan fingerprint density at radius 2 is 1.71 bits per heavy atom. The van der Waals surface area contributed by atoms with Crippen LogP contribution >= 0.6 is 0 Å². The summed E-state index contributed by atoms with van der Waals surface area (Å²) < 4.78 is 64.2. The molecule has 9 nitrogen and oxygen atoms in total. The van der Waals surface area contributed by atoms with Crippen molar-refractivity contribution in [3.63, 3.8) is 0 Å². The van der Waals surface area contributed by atoms with Gasteiger partial charge in [-0.1, -0.05) is 6.07 Å². The Morgan fingerprint density at radius 3 is 2.29 bits per heavy atom. The van der Waals surface area contributed by atoms with Gasteiger partial charge in [0.15, 0.2) is 11.5 Å². The molecule has 0 atom stereocenters. The zero-order valence-electron chi connectivity index (χ0n) is 27.0. The molecule has 0 saturated carbocycles. The molecule has 0 aromatic heterocycles. The van der Waals surface area contributed by atoms with E-state index in [1.807, 2.05) is 40.7 Å². The van der Waals surface area contributed by atoms with Crippen LogP contribution in [0.3, 0.4) is 0 Å². The maximum atomic E-state index is 14.0. The Bertz CT molecular complexity index is 1570. The third-order valence-corrected chi connectivity index (χ3v) is 7.14. The molecular formula is C33H39F3N2O7. The predicted molar refractivity (Wildman–Crippen MR) is 161 cm³/mol. The van der Waals surface area contributed by atoms with Gasteiger partial charge in [0.25, 0.3) is 0 Å². The van der Waals surface area contributed by atoms with E-state index in [-0.39, 0.29) is 10.5 Å². The number of halogens is 3. The number of anilines is 1. The Balaban J connectivity index is 1.97. The number of carbonyl (C=O) groups is 3. The first-order chi connectivity index (χ1) is 20.7. The molecule has 45 heavy (non-hydrogen) atoms. The minimum absolute atomic E-state index is 0.202. The topological polar surface area (TPSA) is 104 Å². The van der Waals surface area contributed by atoms with Gasteiger partial charge in [0.05, 0.1) is 36.2 Å². The van der Waals surface area contributed by atoms with Crippen molar-refractivity contribution >= 4 is 29.2 Å². The zero-order valence-corrected chi connectivity index (χ0v) is 27.0. The van der Waals surface area contributed by atoms with E-state index < -0.39 is 53.0 Å². The molecule has 12 heteroatoms. The SMILES string of the molecule is CCOc1cc2c(c3c1OC(C)(C)C3)C(c1ccc(C(=O)OC)c(N(CC(=O)OC(C)(C)C)C(=O)C(F)(F)F)c1)=NC(C)(C)C2. The van der Waals surface area contributed by atoms with Crippen molar-refractivity contribution in [3.05, 3.63) is 52.1 Å². The second-order valence-corrected chi connectivity index (χ2v) is 13.3. The average Bonchev–Trinajstić information content (AvgIpc) is 3.23. The number of carbonyl (C=O) groups excluding carboxylic acids is 3. The van der Waals surface area contributed by atoms with E-state index in [2.05, 4.69) is 0 Å². The quantitative estimate of drug-likeness (QED) is 0.345. The Hall–Kier alpha value is -4.09. The van der Waals surface area contributed by atoms with Gasteiger partial charge >= 0.3 is 24.0 Å². The van der Waals surface area contributed by atoms with Gasteiger partial charge in [-0.25, -0.2) is 4.79 Å². The first-order valence-electron chi connectivity index (χ1n) is 14.6. The fourth-order valence-corrected chi connectivity index (χ4v) is 5.65. The third kappa shape index (κ3) is 7.26. The second kappa shape index (κ2) is 11.7.